The normalized spacial score (nSPS) is 12.5. The Morgan fingerprint density at radius 2 is 2.06 bits per heavy atom. The molecule has 0 aliphatic heterocycles. The van der Waals surface area contributed by atoms with Gasteiger partial charge in [0, 0.05) is 24.9 Å². The lowest BCUT2D eigenvalue weighted by Crippen LogP contribution is -2.37. The Morgan fingerprint density at radius 3 is 2.71 bits per heavy atom. The van der Waals surface area contributed by atoms with Crippen LogP contribution < -0.4 is 5.32 Å². The van der Waals surface area contributed by atoms with Crippen LogP contribution in [0.5, 0.6) is 0 Å². The Balaban J connectivity index is 2.02. The first-order valence-corrected chi connectivity index (χ1v) is 6.76. The third kappa shape index (κ3) is 3.01. The van der Waals surface area contributed by atoms with E-state index in [4.69, 9.17) is 0 Å². The maximum absolute atomic E-state index is 4.53. The summed E-state index contributed by atoms with van der Waals surface area (Å²) in [5.74, 6) is 0.936. The van der Waals surface area contributed by atoms with Crippen LogP contribution in [0.2, 0.25) is 0 Å². The molecule has 0 spiro atoms. The van der Waals surface area contributed by atoms with E-state index < -0.39 is 0 Å². The number of aryl methyl sites for hydroxylation is 1. The summed E-state index contributed by atoms with van der Waals surface area (Å²) < 4.78 is 1.86. The SMILES string of the molecule is CCc1nnc2sc(CCNC(C)(C)C)nn12. The first-order chi connectivity index (χ1) is 7.99. The molecule has 2 rings (SSSR count). The smallest absolute Gasteiger partial charge is 0.234 e. The van der Waals surface area contributed by atoms with Crippen LogP contribution in [-0.2, 0) is 12.8 Å². The largest absolute Gasteiger partial charge is 0.312 e. The molecule has 0 radical (unpaired) electrons. The Morgan fingerprint density at radius 1 is 1.29 bits per heavy atom. The molecule has 0 atom stereocenters. The Bertz CT molecular complexity index is 493. The van der Waals surface area contributed by atoms with Gasteiger partial charge in [-0.05, 0) is 20.8 Å². The average molecular weight is 253 g/mol. The average Bonchev–Trinajstić information content (AvgIpc) is 2.74. The Labute approximate surface area is 105 Å². The number of nitrogens with zero attached hydrogens (tertiary/aromatic N) is 4. The third-order valence-electron chi connectivity index (χ3n) is 2.41. The van der Waals surface area contributed by atoms with Crippen molar-refractivity contribution in [3.63, 3.8) is 0 Å². The number of aromatic nitrogens is 4. The van der Waals surface area contributed by atoms with Crippen LogP contribution in [0.25, 0.3) is 4.96 Å². The predicted octanol–water partition coefficient (Wildman–Crippen LogP) is 1.68. The molecule has 0 saturated heterocycles. The predicted molar refractivity (Wildman–Crippen MR) is 69.5 cm³/mol. The second-order valence-corrected chi connectivity index (χ2v) is 6.13. The zero-order valence-electron chi connectivity index (χ0n) is 10.8. The van der Waals surface area contributed by atoms with E-state index in [0.29, 0.717) is 0 Å². The zero-order chi connectivity index (χ0) is 12.5. The number of nitrogens with one attached hydrogen (secondary N) is 1. The summed E-state index contributed by atoms with van der Waals surface area (Å²) in [5.41, 5.74) is 0.160. The quantitative estimate of drug-likeness (QED) is 0.900. The van der Waals surface area contributed by atoms with Crippen molar-refractivity contribution >= 4 is 16.3 Å². The van der Waals surface area contributed by atoms with Crippen molar-refractivity contribution in [2.75, 3.05) is 6.54 Å². The number of rotatable bonds is 4. The minimum atomic E-state index is 0.160. The summed E-state index contributed by atoms with van der Waals surface area (Å²) in [6.45, 7) is 9.51. The molecule has 94 valence electrons. The number of hydrogen-bond donors (Lipinski definition) is 1. The van der Waals surface area contributed by atoms with E-state index in [1.165, 1.54) is 0 Å². The van der Waals surface area contributed by atoms with E-state index in [2.05, 4.69) is 48.3 Å². The minimum absolute atomic E-state index is 0.160. The van der Waals surface area contributed by atoms with Gasteiger partial charge in [-0.1, -0.05) is 18.3 Å². The Kier molecular flexibility index (Phi) is 3.44. The van der Waals surface area contributed by atoms with E-state index >= 15 is 0 Å². The van der Waals surface area contributed by atoms with Crippen LogP contribution in [-0.4, -0.2) is 31.9 Å². The van der Waals surface area contributed by atoms with Crippen LogP contribution in [0.15, 0.2) is 0 Å². The highest BCUT2D eigenvalue weighted by molar-refractivity contribution is 7.16. The molecule has 2 aromatic heterocycles. The highest BCUT2D eigenvalue weighted by atomic mass is 32.1. The molecule has 0 aliphatic rings. The van der Waals surface area contributed by atoms with Crippen LogP contribution in [0.4, 0.5) is 0 Å². The summed E-state index contributed by atoms with van der Waals surface area (Å²) in [4.78, 5) is 0.896. The molecule has 17 heavy (non-hydrogen) atoms. The van der Waals surface area contributed by atoms with E-state index in [1.807, 2.05) is 4.52 Å². The first-order valence-electron chi connectivity index (χ1n) is 5.94. The molecule has 0 saturated carbocycles. The van der Waals surface area contributed by atoms with Gasteiger partial charge in [-0.2, -0.15) is 9.61 Å². The summed E-state index contributed by atoms with van der Waals surface area (Å²) in [7, 11) is 0. The lowest BCUT2D eigenvalue weighted by Gasteiger charge is -2.19. The molecule has 0 fully saturated rings. The lowest BCUT2D eigenvalue weighted by atomic mass is 10.1. The van der Waals surface area contributed by atoms with Gasteiger partial charge in [0.2, 0.25) is 4.96 Å². The van der Waals surface area contributed by atoms with Crippen molar-refractivity contribution in [1.82, 2.24) is 25.1 Å². The highest BCUT2D eigenvalue weighted by Gasteiger charge is 2.12. The van der Waals surface area contributed by atoms with Crippen LogP contribution in [0.3, 0.4) is 0 Å². The first kappa shape index (κ1) is 12.4. The topological polar surface area (TPSA) is 55.1 Å². The molecule has 5 nitrogen and oxygen atoms in total. The molecule has 2 heterocycles. The van der Waals surface area contributed by atoms with E-state index in [-0.39, 0.29) is 5.54 Å². The van der Waals surface area contributed by atoms with E-state index in [1.54, 1.807) is 11.3 Å². The fraction of sp³-hybridized carbons (Fsp3) is 0.727. The third-order valence-corrected chi connectivity index (χ3v) is 3.37. The second-order valence-electron chi connectivity index (χ2n) is 5.09. The van der Waals surface area contributed by atoms with Gasteiger partial charge < -0.3 is 5.32 Å². The summed E-state index contributed by atoms with van der Waals surface area (Å²) in [6, 6.07) is 0. The molecule has 0 unspecified atom stereocenters. The standard InChI is InChI=1S/C11H19N5S/c1-5-8-13-14-10-16(8)15-9(17-10)6-7-12-11(2,3)4/h12H,5-7H2,1-4H3. The maximum Gasteiger partial charge on any atom is 0.234 e. The molecular formula is C11H19N5S. The number of hydrogen-bond acceptors (Lipinski definition) is 5. The van der Waals surface area contributed by atoms with Crippen molar-refractivity contribution in [3.8, 4) is 0 Å². The summed E-state index contributed by atoms with van der Waals surface area (Å²) in [6.07, 6.45) is 1.80. The monoisotopic (exact) mass is 253 g/mol. The van der Waals surface area contributed by atoms with Gasteiger partial charge in [-0.25, -0.2) is 0 Å². The minimum Gasteiger partial charge on any atom is -0.312 e. The van der Waals surface area contributed by atoms with Crippen LogP contribution in [0, 0.1) is 0 Å². The van der Waals surface area contributed by atoms with Crippen molar-refractivity contribution in [2.24, 2.45) is 0 Å². The fourth-order valence-corrected chi connectivity index (χ4v) is 2.41. The van der Waals surface area contributed by atoms with Gasteiger partial charge in [-0.3, -0.25) is 0 Å². The molecule has 1 N–H and O–H groups in total. The van der Waals surface area contributed by atoms with Crippen molar-refractivity contribution in [2.45, 2.75) is 46.1 Å². The summed E-state index contributed by atoms with van der Waals surface area (Å²) in [5, 5.41) is 17.3. The number of fused-ring (bicyclic) bond motifs is 1. The van der Waals surface area contributed by atoms with Crippen molar-refractivity contribution in [3.05, 3.63) is 10.8 Å². The van der Waals surface area contributed by atoms with Gasteiger partial charge >= 0.3 is 0 Å². The molecule has 0 amide bonds. The summed E-state index contributed by atoms with van der Waals surface area (Å²) >= 11 is 1.62. The van der Waals surface area contributed by atoms with Crippen LogP contribution >= 0.6 is 11.3 Å². The molecule has 0 aromatic carbocycles. The maximum atomic E-state index is 4.53. The molecule has 0 aliphatic carbocycles. The second kappa shape index (κ2) is 4.70. The molecule has 0 bridgehead atoms. The van der Waals surface area contributed by atoms with E-state index in [9.17, 15) is 0 Å². The zero-order valence-corrected chi connectivity index (χ0v) is 11.6. The Hall–Kier alpha value is -1.01. The van der Waals surface area contributed by atoms with Crippen molar-refractivity contribution in [1.29, 1.82) is 0 Å². The van der Waals surface area contributed by atoms with Gasteiger partial charge in [0.05, 0.1) is 0 Å². The molecular weight excluding hydrogens is 234 g/mol. The van der Waals surface area contributed by atoms with Gasteiger partial charge in [0.1, 0.15) is 5.01 Å². The lowest BCUT2D eigenvalue weighted by molar-refractivity contribution is 0.429. The van der Waals surface area contributed by atoms with Crippen LogP contribution in [0.1, 0.15) is 38.5 Å². The highest BCUT2D eigenvalue weighted by Crippen LogP contribution is 2.14. The molecule has 6 heteroatoms. The van der Waals surface area contributed by atoms with Gasteiger partial charge in [-0.15, -0.1) is 10.2 Å². The molecule has 2 aromatic rings. The van der Waals surface area contributed by atoms with Gasteiger partial charge in [0.25, 0.3) is 0 Å². The van der Waals surface area contributed by atoms with Gasteiger partial charge in [0.15, 0.2) is 5.82 Å². The van der Waals surface area contributed by atoms with Crippen molar-refractivity contribution < 1.29 is 0 Å². The van der Waals surface area contributed by atoms with E-state index in [0.717, 1.165) is 35.2 Å². The fourth-order valence-electron chi connectivity index (χ4n) is 1.56.